The Balaban J connectivity index is 3.46. The molecule has 26 heavy (non-hydrogen) atoms. The summed E-state index contributed by atoms with van der Waals surface area (Å²) in [4.78, 5) is 11.4. The molecule has 0 aromatic heterocycles. The maximum atomic E-state index is 11.4. The first-order chi connectivity index (χ1) is 12.7. The van der Waals surface area contributed by atoms with E-state index in [4.69, 9.17) is 5.11 Å². The van der Waals surface area contributed by atoms with Crippen molar-refractivity contribution in [2.24, 2.45) is 0 Å². The molecular weight excluding hydrogens is 330 g/mol. The molecule has 5 heteroatoms. The first kappa shape index (κ1) is 25.4. The second-order valence-electron chi connectivity index (χ2n) is 7.43. The van der Waals surface area contributed by atoms with Crippen LogP contribution >= 0.6 is 0 Å². The van der Waals surface area contributed by atoms with Gasteiger partial charge in [-0.3, -0.25) is 4.79 Å². The summed E-state index contributed by atoms with van der Waals surface area (Å²) in [5.74, 6) is -0.337. The molecule has 1 amide bonds. The minimum absolute atomic E-state index is 0.00194. The van der Waals surface area contributed by atoms with Crippen molar-refractivity contribution in [3.63, 3.8) is 0 Å². The lowest BCUT2D eigenvalue weighted by atomic mass is 10.0. The van der Waals surface area contributed by atoms with Crippen LogP contribution in [0, 0.1) is 0 Å². The van der Waals surface area contributed by atoms with Crippen LogP contribution in [0.1, 0.15) is 103 Å². The predicted octanol–water partition coefficient (Wildman–Crippen LogP) is 3.69. The van der Waals surface area contributed by atoms with Gasteiger partial charge in [-0.15, -0.1) is 0 Å². The van der Waals surface area contributed by atoms with Crippen LogP contribution in [0.4, 0.5) is 0 Å². The van der Waals surface area contributed by atoms with Gasteiger partial charge in [-0.05, 0) is 6.42 Å². The molecule has 4 N–H and O–H groups in total. The van der Waals surface area contributed by atoms with Crippen LogP contribution in [0.3, 0.4) is 0 Å². The van der Waals surface area contributed by atoms with Crippen molar-refractivity contribution in [1.82, 2.24) is 5.32 Å². The van der Waals surface area contributed by atoms with Crippen molar-refractivity contribution in [3.8, 4) is 0 Å². The van der Waals surface area contributed by atoms with E-state index in [9.17, 15) is 15.0 Å². The van der Waals surface area contributed by atoms with Gasteiger partial charge in [0, 0.05) is 6.42 Å². The van der Waals surface area contributed by atoms with Gasteiger partial charge in [-0.25, -0.2) is 0 Å². The monoisotopic (exact) mass is 373 g/mol. The largest absolute Gasteiger partial charge is 0.396 e. The van der Waals surface area contributed by atoms with Gasteiger partial charge >= 0.3 is 0 Å². The van der Waals surface area contributed by atoms with Crippen LogP contribution in [0.25, 0.3) is 0 Å². The fourth-order valence-corrected chi connectivity index (χ4v) is 3.22. The number of rotatable bonds is 19. The molecule has 0 saturated heterocycles. The summed E-state index contributed by atoms with van der Waals surface area (Å²) in [7, 11) is 0. The average molecular weight is 374 g/mol. The van der Waals surface area contributed by atoms with E-state index < -0.39 is 12.1 Å². The summed E-state index contributed by atoms with van der Waals surface area (Å²) in [5, 5.41) is 30.6. The lowest BCUT2D eigenvalue weighted by Crippen LogP contribution is -2.46. The lowest BCUT2D eigenvalue weighted by Gasteiger charge is -2.22. The molecule has 0 heterocycles. The lowest BCUT2D eigenvalue weighted by molar-refractivity contribution is -0.123. The molecule has 156 valence electrons. The van der Waals surface area contributed by atoms with E-state index >= 15 is 0 Å². The zero-order chi connectivity index (χ0) is 19.5. The molecule has 0 rings (SSSR count). The Hall–Kier alpha value is -0.650. The van der Waals surface area contributed by atoms with E-state index in [2.05, 4.69) is 12.2 Å². The van der Waals surface area contributed by atoms with Crippen LogP contribution in [-0.2, 0) is 4.79 Å². The number of hydrogen-bond donors (Lipinski definition) is 4. The maximum Gasteiger partial charge on any atom is 0.222 e. The summed E-state index contributed by atoms with van der Waals surface area (Å²) in [6, 6.07) is -0.633. The van der Waals surface area contributed by atoms with E-state index in [1.54, 1.807) is 0 Å². The quantitative estimate of drug-likeness (QED) is 0.260. The molecule has 0 aliphatic rings. The number of amides is 1. The van der Waals surface area contributed by atoms with Crippen LogP contribution in [0.2, 0.25) is 0 Å². The number of aliphatic hydroxyl groups is 3. The molecule has 0 radical (unpaired) electrons. The van der Waals surface area contributed by atoms with Crippen LogP contribution in [-0.4, -0.2) is 46.6 Å². The highest BCUT2D eigenvalue weighted by atomic mass is 16.3. The molecule has 0 aliphatic carbocycles. The van der Waals surface area contributed by atoms with E-state index in [-0.39, 0.29) is 25.5 Å². The summed E-state index contributed by atoms with van der Waals surface area (Å²) >= 11 is 0. The molecule has 0 aromatic rings. The maximum absolute atomic E-state index is 11.4. The van der Waals surface area contributed by atoms with Crippen molar-refractivity contribution in [1.29, 1.82) is 0 Å². The van der Waals surface area contributed by atoms with Gasteiger partial charge in [0.2, 0.25) is 5.91 Å². The number of carbonyl (C=O) groups excluding carboxylic acids is 1. The van der Waals surface area contributed by atoms with Crippen molar-refractivity contribution >= 4 is 5.91 Å². The van der Waals surface area contributed by atoms with E-state index in [1.165, 1.54) is 70.6 Å². The highest BCUT2D eigenvalue weighted by Crippen LogP contribution is 2.14. The molecule has 2 unspecified atom stereocenters. The minimum Gasteiger partial charge on any atom is -0.396 e. The molecule has 0 bridgehead atoms. The van der Waals surface area contributed by atoms with Crippen LogP contribution < -0.4 is 5.32 Å². The molecule has 5 nitrogen and oxygen atoms in total. The summed E-state index contributed by atoms with van der Waals surface area (Å²) in [6.07, 6.45) is 16.5. The first-order valence-corrected chi connectivity index (χ1v) is 10.8. The van der Waals surface area contributed by atoms with Crippen molar-refractivity contribution in [3.05, 3.63) is 0 Å². The first-order valence-electron chi connectivity index (χ1n) is 10.8. The molecule has 0 saturated carbocycles. The normalized spacial score (nSPS) is 13.5. The summed E-state index contributed by atoms with van der Waals surface area (Å²) < 4.78 is 0. The fourth-order valence-electron chi connectivity index (χ4n) is 3.22. The van der Waals surface area contributed by atoms with Gasteiger partial charge in [0.15, 0.2) is 0 Å². The van der Waals surface area contributed by atoms with Crippen molar-refractivity contribution in [2.75, 3.05) is 13.2 Å². The van der Waals surface area contributed by atoms with Gasteiger partial charge in [0.05, 0.1) is 25.4 Å². The Morgan fingerprint density at radius 3 is 1.69 bits per heavy atom. The molecule has 0 aromatic carbocycles. The smallest absolute Gasteiger partial charge is 0.222 e. The predicted molar refractivity (Wildman–Crippen MR) is 107 cm³/mol. The van der Waals surface area contributed by atoms with E-state index in [0.29, 0.717) is 6.42 Å². The number of carbonyl (C=O) groups is 1. The van der Waals surface area contributed by atoms with Crippen LogP contribution in [0.15, 0.2) is 0 Å². The minimum atomic E-state index is -0.727. The van der Waals surface area contributed by atoms with Crippen molar-refractivity contribution in [2.45, 2.75) is 115 Å². The third-order valence-electron chi connectivity index (χ3n) is 4.95. The van der Waals surface area contributed by atoms with E-state index in [0.717, 1.165) is 12.8 Å². The molecular formula is C21H43NO4. The van der Waals surface area contributed by atoms with Crippen molar-refractivity contribution < 1.29 is 20.1 Å². The Labute approximate surface area is 160 Å². The second-order valence-corrected chi connectivity index (χ2v) is 7.43. The topological polar surface area (TPSA) is 89.8 Å². The summed E-state index contributed by atoms with van der Waals surface area (Å²) in [5.41, 5.74) is 0. The Morgan fingerprint density at radius 1 is 0.808 bits per heavy atom. The third-order valence-corrected chi connectivity index (χ3v) is 4.95. The van der Waals surface area contributed by atoms with Crippen LogP contribution in [0.5, 0.6) is 0 Å². The van der Waals surface area contributed by atoms with Gasteiger partial charge in [-0.1, -0.05) is 90.4 Å². The molecule has 0 fully saturated rings. The number of unbranched alkanes of at least 4 members (excludes halogenated alkanes) is 12. The fraction of sp³-hybridized carbons (Fsp3) is 0.952. The molecule has 0 spiro atoms. The standard InChI is InChI=1S/C21H43NO4/c1-2-3-4-5-6-7-8-9-10-11-12-13-14-15-20(25)19(18-24)22-21(26)16-17-23/h19-20,23-25H,2-18H2,1H3,(H,22,26). The highest BCUT2D eigenvalue weighted by molar-refractivity contribution is 5.76. The third kappa shape index (κ3) is 15.6. The average Bonchev–Trinajstić information content (AvgIpc) is 2.63. The van der Waals surface area contributed by atoms with Gasteiger partial charge in [0.25, 0.3) is 0 Å². The van der Waals surface area contributed by atoms with E-state index in [1.807, 2.05) is 0 Å². The Bertz CT molecular complexity index is 312. The van der Waals surface area contributed by atoms with Gasteiger partial charge < -0.3 is 20.6 Å². The Morgan fingerprint density at radius 2 is 1.27 bits per heavy atom. The number of nitrogens with one attached hydrogen (secondary N) is 1. The SMILES string of the molecule is CCCCCCCCCCCCCCCC(O)C(CO)NC(=O)CCO. The zero-order valence-electron chi connectivity index (χ0n) is 16.9. The zero-order valence-corrected chi connectivity index (χ0v) is 16.9. The number of hydrogen-bond acceptors (Lipinski definition) is 4. The highest BCUT2D eigenvalue weighted by Gasteiger charge is 2.19. The van der Waals surface area contributed by atoms with Gasteiger partial charge in [0.1, 0.15) is 0 Å². The number of aliphatic hydroxyl groups excluding tert-OH is 3. The molecule has 2 atom stereocenters. The second kappa shape index (κ2) is 19.1. The van der Waals surface area contributed by atoms with Gasteiger partial charge in [-0.2, -0.15) is 0 Å². The molecule has 0 aliphatic heterocycles. The Kier molecular flexibility index (Phi) is 18.6. The summed E-state index contributed by atoms with van der Waals surface area (Å²) in [6.45, 7) is 1.75.